The molecule has 0 amide bonds. The number of rotatable bonds is 5. The summed E-state index contributed by atoms with van der Waals surface area (Å²) in [5.41, 5.74) is 0. The van der Waals surface area contributed by atoms with Gasteiger partial charge in [-0.15, -0.1) is 0 Å². The van der Waals surface area contributed by atoms with Gasteiger partial charge in [0.1, 0.15) is 5.78 Å². The highest BCUT2D eigenvalue weighted by atomic mass is 16.3. The standard InChI is InChI=1S/C9H17NO2/c1-6(2)9(10-12)7(3)5-8(4)11/h6-7,9H,5H2,1-4H3. The van der Waals surface area contributed by atoms with Crippen LogP contribution in [0.4, 0.5) is 0 Å². The fourth-order valence-electron chi connectivity index (χ4n) is 1.46. The van der Waals surface area contributed by atoms with Crippen molar-refractivity contribution in [3.63, 3.8) is 0 Å². The Morgan fingerprint density at radius 3 is 2.08 bits per heavy atom. The van der Waals surface area contributed by atoms with E-state index >= 15 is 0 Å². The van der Waals surface area contributed by atoms with Crippen LogP contribution in [0.2, 0.25) is 0 Å². The molecule has 0 rings (SSSR count). The maximum absolute atomic E-state index is 10.8. The molecule has 0 N–H and O–H groups in total. The van der Waals surface area contributed by atoms with Gasteiger partial charge in [0.05, 0.1) is 6.04 Å². The number of hydrogen-bond donors (Lipinski definition) is 0. The molecule has 0 aliphatic rings. The van der Waals surface area contributed by atoms with Crippen molar-refractivity contribution in [3.05, 3.63) is 4.91 Å². The number of carbonyl (C=O) groups is 1. The van der Waals surface area contributed by atoms with Crippen LogP contribution in [0, 0.1) is 16.7 Å². The van der Waals surface area contributed by atoms with Gasteiger partial charge in [-0.2, -0.15) is 4.91 Å². The second-order valence-electron chi connectivity index (χ2n) is 3.72. The van der Waals surface area contributed by atoms with E-state index < -0.39 is 0 Å². The summed E-state index contributed by atoms with van der Waals surface area (Å²) in [6.45, 7) is 7.33. The molecule has 0 aromatic rings. The van der Waals surface area contributed by atoms with E-state index in [4.69, 9.17) is 0 Å². The van der Waals surface area contributed by atoms with E-state index in [-0.39, 0.29) is 23.7 Å². The molecule has 3 heteroatoms. The van der Waals surface area contributed by atoms with E-state index in [0.29, 0.717) is 6.42 Å². The lowest BCUT2D eigenvalue weighted by atomic mass is 9.89. The molecular formula is C9H17NO2. The number of hydrogen-bond acceptors (Lipinski definition) is 3. The van der Waals surface area contributed by atoms with Gasteiger partial charge < -0.3 is 4.79 Å². The smallest absolute Gasteiger partial charge is 0.130 e. The summed E-state index contributed by atoms with van der Waals surface area (Å²) in [5.74, 6) is 0.411. The van der Waals surface area contributed by atoms with E-state index in [1.165, 1.54) is 0 Å². The summed E-state index contributed by atoms with van der Waals surface area (Å²) >= 11 is 0. The molecule has 0 aliphatic carbocycles. The van der Waals surface area contributed by atoms with Crippen molar-refractivity contribution in [2.45, 2.75) is 40.2 Å². The van der Waals surface area contributed by atoms with E-state index in [1.54, 1.807) is 6.92 Å². The van der Waals surface area contributed by atoms with E-state index in [1.807, 2.05) is 20.8 Å². The molecule has 0 saturated heterocycles. The minimum atomic E-state index is -0.228. The van der Waals surface area contributed by atoms with E-state index in [0.717, 1.165) is 0 Å². The van der Waals surface area contributed by atoms with Gasteiger partial charge in [0.25, 0.3) is 0 Å². The molecule has 3 nitrogen and oxygen atoms in total. The monoisotopic (exact) mass is 171 g/mol. The van der Waals surface area contributed by atoms with Gasteiger partial charge in [-0.1, -0.05) is 25.9 Å². The van der Waals surface area contributed by atoms with Crippen molar-refractivity contribution < 1.29 is 4.79 Å². The topological polar surface area (TPSA) is 46.5 Å². The third-order valence-corrected chi connectivity index (χ3v) is 2.00. The quantitative estimate of drug-likeness (QED) is 0.596. The SMILES string of the molecule is CC(=O)CC(C)C(N=O)C(C)C. The van der Waals surface area contributed by atoms with Crippen molar-refractivity contribution >= 4 is 5.78 Å². The number of nitroso groups, excluding NO2 is 1. The highest BCUT2D eigenvalue weighted by molar-refractivity contribution is 5.75. The lowest BCUT2D eigenvalue weighted by Gasteiger charge is -2.19. The zero-order valence-electron chi connectivity index (χ0n) is 8.20. The first-order valence-electron chi connectivity index (χ1n) is 4.31. The van der Waals surface area contributed by atoms with Gasteiger partial charge in [0.2, 0.25) is 0 Å². The van der Waals surface area contributed by atoms with Crippen LogP contribution < -0.4 is 0 Å². The van der Waals surface area contributed by atoms with Crippen LogP contribution in [0.1, 0.15) is 34.1 Å². The number of Topliss-reactive ketones (excluding diaryl/α,β-unsaturated/α-hetero) is 1. The minimum Gasteiger partial charge on any atom is -0.300 e. The Balaban J connectivity index is 4.11. The first-order valence-corrected chi connectivity index (χ1v) is 4.31. The summed E-state index contributed by atoms with van der Waals surface area (Å²) in [5, 5.41) is 3.04. The second-order valence-corrected chi connectivity index (χ2v) is 3.72. The molecule has 70 valence electrons. The zero-order chi connectivity index (χ0) is 9.72. The zero-order valence-corrected chi connectivity index (χ0v) is 8.20. The Hall–Kier alpha value is -0.730. The molecule has 0 radical (unpaired) electrons. The average molecular weight is 171 g/mol. The summed E-state index contributed by atoms with van der Waals surface area (Å²) in [7, 11) is 0. The van der Waals surface area contributed by atoms with Crippen LogP contribution in [-0.4, -0.2) is 11.8 Å². The third-order valence-electron chi connectivity index (χ3n) is 2.00. The fraction of sp³-hybridized carbons (Fsp3) is 0.889. The Bertz CT molecular complexity index is 166. The highest BCUT2D eigenvalue weighted by Crippen LogP contribution is 2.19. The lowest BCUT2D eigenvalue weighted by Crippen LogP contribution is -2.23. The first kappa shape index (κ1) is 11.3. The molecule has 0 aromatic carbocycles. The van der Waals surface area contributed by atoms with Crippen LogP contribution >= 0.6 is 0 Å². The summed E-state index contributed by atoms with van der Waals surface area (Å²) < 4.78 is 0. The van der Waals surface area contributed by atoms with Crippen LogP contribution in [0.15, 0.2) is 5.18 Å². The molecule has 0 heterocycles. The average Bonchev–Trinajstić information content (AvgIpc) is 1.85. The van der Waals surface area contributed by atoms with Gasteiger partial charge >= 0.3 is 0 Å². The molecule has 0 aliphatic heterocycles. The lowest BCUT2D eigenvalue weighted by molar-refractivity contribution is -0.118. The van der Waals surface area contributed by atoms with E-state index in [2.05, 4.69) is 5.18 Å². The van der Waals surface area contributed by atoms with Crippen LogP contribution in [0.3, 0.4) is 0 Å². The Kier molecular flexibility index (Phi) is 4.71. The van der Waals surface area contributed by atoms with Crippen molar-refractivity contribution in [2.24, 2.45) is 17.0 Å². The molecule has 0 spiro atoms. The van der Waals surface area contributed by atoms with Gasteiger partial charge in [-0.25, -0.2) is 0 Å². The maximum atomic E-state index is 10.8. The van der Waals surface area contributed by atoms with Crippen molar-refractivity contribution in [2.75, 3.05) is 0 Å². The Morgan fingerprint density at radius 1 is 1.33 bits per heavy atom. The van der Waals surface area contributed by atoms with Crippen LogP contribution in [0.5, 0.6) is 0 Å². The highest BCUT2D eigenvalue weighted by Gasteiger charge is 2.22. The van der Waals surface area contributed by atoms with Crippen molar-refractivity contribution in [1.82, 2.24) is 0 Å². The van der Waals surface area contributed by atoms with Crippen molar-refractivity contribution in [3.8, 4) is 0 Å². The summed E-state index contributed by atoms with van der Waals surface area (Å²) in [6, 6.07) is -0.228. The molecule has 2 unspecified atom stereocenters. The van der Waals surface area contributed by atoms with Gasteiger partial charge in [-0.05, 0) is 18.8 Å². The van der Waals surface area contributed by atoms with Crippen LogP contribution in [0.25, 0.3) is 0 Å². The Labute approximate surface area is 73.5 Å². The third kappa shape index (κ3) is 3.60. The van der Waals surface area contributed by atoms with Crippen molar-refractivity contribution in [1.29, 1.82) is 0 Å². The summed E-state index contributed by atoms with van der Waals surface area (Å²) in [6.07, 6.45) is 0.453. The molecule has 0 fully saturated rings. The molecule has 0 aromatic heterocycles. The Morgan fingerprint density at radius 2 is 1.83 bits per heavy atom. The number of ketones is 1. The number of nitrogens with zero attached hydrogens (tertiary/aromatic N) is 1. The summed E-state index contributed by atoms with van der Waals surface area (Å²) in [4.78, 5) is 21.2. The van der Waals surface area contributed by atoms with E-state index in [9.17, 15) is 9.70 Å². The molecule has 0 saturated carbocycles. The maximum Gasteiger partial charge on any atom is 0.130 e. The second kappa shape index (κ2) is 5.01. The molecule has 0 bridgehead atoms. The molecule has 12 heavy (non-hydrogen) atoms. The molecule has 2 atom stereocenters. The first-order chi connectivity index (χ1) is 5.49. The van der Waals surface area contributed by atoms with Gasteiger partial charge in [0.15, 0.2) is 0 Å². The molecular weight excluding hydrogens is 154 g/mol. The van der Waals surface area contributed by atoms with Gasteiger partial charge in [-0.3, -0.25) is 0 Å². The van der Waals surface area contributed by atoms with Crippen LogP contribution in [-0.2, 0) is 4.79 Å². The normalized spacial score (nSPS) is 15.8. The predicted molar refractivity (Wildman–Crippen MR) is 48.9 cm³/mol. The minimum absolute atomic E-state index is 0.0694. The fourth-order valence-corrected chi connectivity index (χ4v) is 1.46. The van der Waals surface area contributed by atoms with Gasteiger partial charge in [0, 0.05) is 6.42 Å². The predicted octanol–water partition coefficient (Wildman–Crippen LogP) is 2.39. The number of carbonyl (C=O) groups excluding carboxylic acids is 1. The largest absolute Gasteiger partial charge is 0.300 e.